The zero-order valence-corrected chi connectivity index (χ0v) is 14.8. The van der Waals surface area contributed by atoms with Crippen LogP contribution in [0, 0.1) is 0 Å². The van der Waals surface area contributed by atoms with Crippen LogP contribution in [0.15, 0.2) is 51.8 Å². The fourth-order valence-corrected chi connectivity index (χ4v) is 4.72. The third-order valence-corrected chi connectivity index (χ3v) is 6.13. The Labute approximate surface area is 143 Å². The molecule has 0 saturated carbocycles. The first kappa shape index (κ1) is 16.0. The molecule has 0 aliphatic carbocycles. The van der Waals surface area contributed by atoms with Gasteiger partial charge in [-0.25, -0.2) is 8.42 Å². The van der Waals surface area contributed by atoms with Crippen LogP contribution in [0.5, 0.6) is 0 Å². The average molecular weight is 395 g/mol. The fraction of sp³-hybridized carbons (Fsp3) is 0.188. The van der Waals surface area contributed by atoms with Gasteiger partial charge in [0.1, 0.15) is 4.90 Å². The normalized spacial score (nSPS) is 13.7. The molecule has 0 atom stereocenters. The molecule has 23 heavy (non-hydrogen) atoms. The van der Waals surface area contributed by atoms with Gasteiger partial charge in [0.15, 0.2) is 0 Å². The number of sulfonamides is 1. The maximum absolute atomic E-state index is 12.5. The van der Waals surface area contributed by atoms with E-state index in [1.165, 1.54) is 13.0 Å². The van der Waals surface area contributed by atoms with Gasteiger partial charge in [-0.3, -0.25) is 9.52 Å². The van der Waals surface area contributed by atoms with Gasteiger partial charge in [0.2, 0.25) is 5.91 Å². The summed E-state index contributed by atoms with van der Waals surface area (Å²) in [6.45, 7) is 2.16. The molecule has 0 fully saturated rings. The smallest absolute Gasteiger partial charge is 0.263 e. The predicted octanol–water partition coefficient (Wildman–Crippen LogP) is 3.16. The van der Waals surface area contributed by atoms with Crippen molar-refractivity contribution in [3.63, 3.8) is 0 Å². The van der Waals surface area contributed by atoms with E-state index in [4.69, 9.17) is 0 Å². The molecule has 120 valence electrons. The Morgan fingerprint density at radius 2 is 1.96 bits per heavy atom. The van der Waals surface area contributed by atoms with Crippen molar-refractivity contribution in [1.82, 2.24) is 0 Å². The number of halogens is 1. The standard InChI is InChI=1S/C16H15BrN2O3S/c1-11(20)19-9-8-12-10-13(6-7-15(12)19)18-23(21,22)16-5-3-2-4-14(16)17/h2-7,10,18H,8-9H2,1H3. The van der Waals surface area contributed by atoms with Crippen LogP contribution in [0.1, 0.15) is 12.5 Å². The van der Waals surface area contributed by atoms with E-state index in [1.54, 1.807) is 41.3 Å². The largest absolute Gasteiger partial charge is 0.312 e. The minimum absolute atomic E-state index is 0.00898. The van der Waals surface area contributed by atoms with Crippen LogP contribution in [0.2, 0.25) is 0 Å². The molecule has 0 saturated heterocycles. The van der Waals surface area contributed by atoms with Crippen molar-refractivity contribution in [3.8, 4) is 0 Å². The number of nitrogens with one attached hydrogen (secondary N) is 1. The molecule has 0 aromatic heterocycles. The Hall–Kier alpha value is -1.86. The number of hydrogen-bond acceptors (Lipinski definition) is 3. The first-order valence-electron chi connectivity index (χ1n) is 7.07. The summed E-state index contributed by atoms with van der Waals surface area (Å²) in [6, 6.07) is 11.9. The molecule has 2 aromatic rings. The molecule has 3 rings (SSSR count). The lowest BCUT2D eigenvalue weighted by Gasteiger charge is -2.15. The summed E-state index contributed by atoms with van der Waals surface area (Å²) in [6.07, 6.45) is 0.722. The molecule has 1 aliphatic heterocycles. The van der Waals surface area contributed by atoms with E-state index >= 15 is 0 Å². The molecule has 1 aliphatic rings. The lowest BCUT2D eigenvalue weighted by Crippen LogP contribution is -2.25. The van der Waals surface area contributed by atoms with Crippen molar-refractivity contribution in [2.45, 2.75) is 18.2 Å². The Bertz CT molecular complexity index is 881. The number of fused-ring (bicyclic) bond motifs is 1. The summed E-state index contributed by atoms with van der Waals surface area (Å²) >= 11 is 3.26. The van der Waals surface area contributed by atoms with Crippen LogP contribution in [-0.4, -0.2) is 20.9 Å². The second-order valence-corrected chi connectivity index (χ2v) is 7.81. The van der Waals surface area contributed by atoms with Gasteiger partial charge in [-0.2, -0.15) is 0 Å². The number of hydrogen-bond donors (Lipinski definition) is 1. The molecule has 7 heteroatoms. The molecule has 0 spiro atoms. The zero-order valence-electron chi connectivity index (χ0n) is 12.4. The number of carbonyl (C=O) groups is 1. The van der Waals surface area contributed by atoms with Gasteiger partial charge in [0, 0.05) is 29.3 Å². The Morgan fingerprint density at radius 3 is 2.65 bits per heavy atom. The van der Waals surface area contributed by atoms with Crippen molar-refractivity contribution in [2.75, 3.05) is 16.2 Å². The van der Waals surface area contributed by atoms with Gasteiger partial charge >= 0.3 is 0 Å². The summed E-state index contributed by atoms with van der Waals surface area (Å²) in [4.78, 5) is 13.4. The maximum Gasteiger partial charge on any atom is 0.263 e. The van der Waals surface area contributed by atoms with Crippen LogP contribution in [-0.2, 0) is 21.2 Å². The van der Waals surface area contributed by atoms with Gasteiger partial charge in [-0.1, -0.05) is 12.1 Å². The Kier molecular flexibility index (Phi) is 4.16. The highest BCUT2D eigenvalue weighted by atomic mass is 79.9. The van der Waals surface area contributed by atoms with Crippen LogP contribution >= 0.6 is 15.9 Å². The lowest BCUT2D eigenvalue weighted by molar-refractivity contribution is -0.116. The average Bonchev–Trinajstić information content (AvgIpc) is 2.90. The molecule has 0 radical (unpaired) electrons. The van der Waals surface area contributed by atoms with Crippen LogP contribution in [0.4, 0.5) is 11.4 Å². The zero-order chi connectivity index (χ0) is 16.6. The molecule has 0 unspecified atom stereocenters. The highest BCUT2D eigenvalue weighted by molar-refractivity contribution is 9.10. The number of rotatable bonds is 3. The second kappa shape index (κ2) is 5.98. The topological polar surface area (TPSA) is 66.5 Å². The van der Waals surface area contributed by atoms with Crippen molar-refractivity contribution in [1.29, 1.82) is 0 Å². The van der Waals surface area contributed by atoms with E-state index in [9.17, 15) is 13.2 Å². The van der Waals surface area contributed by atoms with E-state index in [0.717, 1.165) is 17.7 Å². The summed E-state index contributed by atoms with van der Waals surface area (Å²) in [7, 11) is -3.67. The number of amides is 1. The highest BCUT2D eigenvalue weighted by Gasteiger charge is 2.23. The quantitative estimate of drug-likeness (QED) is 0.868. The third-order valence-electron chi connectivity index (χ3n) is 3.73. The molecular formula is C16H15BrN2O3S. The SMILES string of the molecule is CC(=O)N1CCc2cc(NS(=O)(=O)c3ccccc3Br)ccc21. The van der Waals surface area contributed by atoms with Crippen molar-refractivity contribution in [3.05, 3.63) is 52.5 Å². The van der Waals surface area contributed by atoms with E-state index in [2.05, 4.69) is 20.7 Å². The lowest BCUT2D eigenvalue weighted by atomic mass is 10.1. The minimum atomic E-state index is -3.67. The summed E-state index contributed by atoms with van der Waals surface area (Å²) in [5.74, 6) is -0.00898. The summed E-state index contributed by atoms with van der Waals surface area (Å²) in [5, 5.41) is 0. The summed E-state index contributed by atoms with van der Waals surface area (Å²) < 4.78 is 28.1. The Balaban J connectivity index is 1.90. The minimum Gasteiger partial charge on any atom is -0.312 e. The first-order chi connectivity index (χ1) is 10.9. The van der Waals surface area contributed by atoms with Gasteiger partial charge in [-0.15, -0.1) is 0 Å². The molecule has 0 bridgehead atoms. The monoisotopic (exact) mass is 394 g/mol. The third kappa shape index (κ3) is 3.11. The Morgan fingerprint density at radius 1 is 1.22 bits per heavy atom. The molecular weight excluding hydrogens is 380 g/mol. The number of carbonyl (C=O) groups excluding carboxylic acids is 1. The van der Waals surface area contributed by atoms with Crippen LogP contribution in [0.25, 0.3) is 0 Å². The number of nitrogens with zero attached hydrogens (tertiary/aromatic N) is 1. The molecule has 5 nitrogen and oxygen atoms in total. The maximum atomic E-state index is 12.5. The van der Waals surface area contributed by atoms with Crippen LogP contribution < -0.4 is 9.62 Å². The second-order valence-electron chi connectivity index (χ2n) is 5.30. The van der Waals surface area contributed by atoms with Gasteiger partial charge in [0.05, 0.1) is 0 Å². The van der Waals surface area contributed by atoms with E-state index < -0.39 is 10.0 Å². The molecule has 1 heterocycles. The first-order valence-corrected chi connectivity index (χ1v) is 9.34. The van der Waals surface area contributed by atoms with Crippen LogP contribution in [0.3, 0.4) is 0 Å². The molecule has 1 N–H and O–H groups in total. The predicted molar refractivity (Wildman–Crippen MR) is 93.1 cm³/mol. The number of benzene rings is 2. The van der Waals surface area contributed by atoms with Gasteiger partial charge in [-0.05, 0) is 58.2 Å². The molecule has 1 amide bonds. The van der Waals surface area contributed by atoms with Crippen molar-refractivity contribution in [2.24, 2.45) is 0 Å². The van der Waals surface area contributed by atoms with Gasteiger partial charge in [0.25, 0.3) is 10.0 Å². The summed E-state index contributed by atoms with van der Waals surface area (Å²) in [5.41, 5.74) is 2.30. The van der Waals surface area contributed by atoms with Crippen molar-refractivity contribution < 1.29 is 13.2 Å². The van der Waals surface area contributed by atoms with Crippen molar-refractivity contribution >= 4 is 43.2 Å². The molecule has 2 aromatic carbocycles. The van der Waals surface area contributed by atoms with E-state index in [1.807, 2.05) is 0 Å². The van der Waals surface area contributed by atoms with Gasteiger partial charge < -0.3 is 4.90 Å². The van der Waals surface area contributed by atoms with E-state index in [0.29, 0.717) is 16.7 Å². The highest BCUT2D eigenvalue weighted by Crippen LogP contribution is 2.31. The van der Waals surface area contributed by atoms with E-state index in [-0.39, 0.29) is 10.8 Å². The fourth-order valence-electron chi connectivity index (χ4n) is 2.67. The number of anilines is 2.